The molecule has 1 unspecified atom stereocenters. The third kappa shape index (κ3) is 3.08. The van der Waals surface area contributed by atoms with Crippen molar-refractivity contribution >= 4 is 5.91 Å². The highest BCUT2D eigenvalue weighted by atomic mass is 16.1. The van der Waals surface area contributed by atoms with Gasteiger partial charge in [0.1, 0.15) is 0 Å². The number of rotatable bonds is 3. The first-order chi connectivity index (χ1) is 9.54. The number of fused-ring (bicyclic) bond motifs is 1. The Morgan fingerprint density at radius 2 is 2.00 bits per heavy atom. The van der Waals surface area contributed by atoms with Crippen LogP contribution in [0.2, 0.25) is 0 Å². The van der Waals surface area contributed by atoms with Gasteiger partial charge in [-0.3, -0.25) is 4.79 Å². The molecular formula is C18H27NO. The maximum Gasteiger partial charge on any atom is 0.247 e. The van der Waals surface area contributed by atoms with Crippen molar-refractivity contribution in [2.45, 2.75) is 46.0 Å². The normalized spacial score (nSPS) is 36.5. The van der Waals surface area contributed by atoms with Gasteiger partial charge in [-0.25, -0.2) is 0 Å². The van der Waals surface area contributed by atoms with E-state index in [-0.39, 0.29) is 5.91 Å². The van der Waals surface area contributed by atoms with E-state index in [0.717, 1.165) is 29.7 Å². The summed E-state index contributed by atoms with van der Waals surface area (Å²) in [6.07, 6.45) is 11.5. The lowest BCUT2D eigenvalue weighted by Crippen LogP contribution is -2.41. The summed E-state index contributed by atoms with van der Waals surface area (Å²) in [7, 11) is 0. The van der Waals surface area contributed by atoms with Gasteiger partial charge in [-0.15, -0.1) is 6.42 Å². The van der Waals surface area contributed by atoms with Crippen LogP contribution in [0, 0.1) is 41.9 Å². The minimum atomic E-state index is -0.0421. The first-order valence-electron chi connectivity index (χ1n) is 7.95. The topological polar surface area (TPSA) is 29.1 Å². The molecule has 2 rings (SSSR count). The van der Waals surface area contributed by atoms with E-state index < -0.39 is 0 Å². The standard InChI is InChI=1S/C18H27NO/c1-5-10-19-18(20)14(4)16-9-7-13(3)15-8-6-12(2)11-17(15)16/h1,12-13,15-17H,4,6-11H2,2-3H3,(H,19,20)/t12?,13-,15+,16+,17-/m1/s1. The monoisotopic (exact) mass is 273 g/mol. The molecule has 2 aliphatic rings. The molecule has 110 valence electrons. The van der Waals surface area contributed by atoms with E-state index in [1.165, 1.54) is 25.7 Å². The SMILES string of the molecule is C#CCNC(=O)C(=C)[C@@H]1CC[C@@H](C)[C@@H]2CCC(C)C[C@H]21. The Kier molecular flexibility index (Phi) is 4.91. The fourth-order valence-corrected chi connectivity index (χ4v) is 4.33. The minimum Gasteiger partial charge on any atom is -0.341 e. The van der Waals surface area contributed by atoms with E-state index in [2.05, 4.69) is 31.7 Å². The Bertz CT molecular complexity index is 420. The molecule has 2 saturated carbocycles. The summed E-state index contributed by atoms with van der Waals surface area (Å²) >= 11 is 0. The third-order valence-corrected chi connectivity index (χ3v) is 5.49. The van der Waals surface area contributed by atoms with Gasteiger partial charge in [-0.2, -0.15) is 0 Å². The Hall–Kier alpha value is -1.23. The molecule has 0 aromatic heterocycles. The van der Waals surface area contributed by atoms with Crippen molar-refractivity contribution in [1.29, 1.82) is 0 Å². The molecule has 2 heteroatoms. The van der Waals surface area contributed by atoms with Crippen LogP contribution in [-0.2, 0) is 4.79 Å². The Morgan fingerprint density at radius 3 is 2.70 bits per heavy atom. The van der Waals surface area contributed by atoms with Crippen LogP contribution in [0.1, 0.15) is 46.0 Å². The van der Waals surface area contributed by atoms with Gasteiger partial charge in [0.2, 0.25) is 5.91 Å². The Morgan fingerprint density at radius 1 is 1.25 bits per heavy atom. The molecule has 2 nitrogen and oxygen atoms in total. The summed E-state index contributed by atoms with van der Waals surface area (Å²) in [6, 6.07) is 0. The van der Waals surface area contributed by atoms with Crippen molar-refractivity contribution in [3.05, 3.63) is 12.2 Å². The van der Waals surface area contributed by atoms with Gasteiger partial charge in [0, 0.05) is 5.57 Å². The summed E-state index contributed by atoms with van der Waals surface area (Å²) in [6.45, 7) is 9.11. The van der Waals surface area contributed by atoms with Gasteiger partial charge < -0.3 is 5.32 Å². The molecular weight excluding hydrogens is 246 g/mol. The van der Waals surface area contributed by atoms with Gasteiger partial charge >= 0.3 is 0 Å². The van der Waals surface area contributed by atoms with E-state index in [9.17, 15) is 4.79 Å². The van der Waals surface area contributed by atoms with Crippen molar-refractivity contribution in [3.8, 4) is 12.3 Å². The van der Waals surface area contributed by atoms with Crippen LogP contribution in [0.15, 0.2) is 12.2 Å². The second-order valence-electron chi connectivity index (χ2n) is 6.82. The number of amides is 1. The molecule has 1 amide bonds. The molecule has 0 heterocycles. The molecule has 0 radical (unpaired) electrons. The van der Waals surface area contributed by atoms with Crippen LogP contribution in [0.25, 0.3) is 0 Å². The number of carbonyl (C=O) groups excluding carboxylic acids is 1. The first-order valence-corrected chi connectivity index (χ1v) is 7.95. The average molecular weight is 273 g/mol. The molecule has 1 N–H and O–H groups in total. The molecule has 0 aliphatic heterocycles. The summed E-state index contributed by atoms with van der Waals surface area (Å²) in [5, 5.41) is 2.77. The van der Waals surface area contributed by atoms with Gasteiger partial charge in [-0.05, 0) is 55.3 Å². The van der Waals surface area contributed by atoms with E-state index in [1.807, 2.05) is 0 Å². The quantitative estimate of drug-likeness (QED) is 0.620. The molecule has 2 aliphatic carbocycles. The Balaban J connectivity index is 2.08. The number of nitrogens with one attached hydrogen (secondary N) is 1. The third-order valence-electron chi connectivity index (χ3n) is 5.49. The van der Waals surface area contributed by atoms with Crippen LogP contribution in [-0.4, -0.2) is 12.5 Å². The van der Waals surface area contributed by atoms with Crippen LogP contribution in [0.5, 0.6) is 0 Å². The molecule has 20 heavy (non-hydrogen) atoms. The van der Waals surface area contributed by atoms with Gasteiger partial charge in [0.15, 0.2) is 0 Å². The smallest absolute Gasteiger partial charge is 0.247 e. The highest BCUT2D eigenvalue weighted by molar-refractivity contribution is 5.93. The number of carbonyl (C=O) groups is 1. The zero-order chi connectivity index (χ0) is 14.7. The first kappa shape index (κ1) is 15.2. The van der Waals surface area contributed by atoms with Crippen LogP contribution < -0.4 is 5.32 Å². The predicted octanol–water partition coefficient (Wildman–Crippen LogP) is 3.39. The maximum absolute atomic E-state index is 12.1. The number of hydrogen-bond donors (Lipinski definition) is 1. The molecule has 0 aromatic rings. The van der Waals surface area contributed by atoms with E-state index in [4.69, 9.17) is 6.42 Å². The van der Waals surface area contributed by atoms with Gasteiger partial charge in [0.05, 0.1) is 6.54 Å². The summed E-state index contributed by atoms with van der Waals surface area (Å²) in [5.41, 5.74) is 0.760. The van der Waals surface area contributed by atoms with Gasteiger partial charge in [-0.1, -0.05) is 32.8 Å². The van der Waals surface area contributed by atoms with E-state index in [1.54, 1.807) is 0 Å². The van der Waals surface area contributed by atoms with Crippen molar-refractivity contribution in [2.24, 2.45) is 29.6 Å². The molecule has 0 aromatic carbocycles. The van der Waals surface area contributed by atoms with Crippen molar-refractivity contribution in [2.75, 3.05) is 6.54 Å². The minimum absolute atomic E-state index is 0.0421. The van der Waals surface area contributed by atoms with E-state index >= 15 is 0 Å². The second kappa shape index (κ2) is 6.48. The highest BCUT2D eigenvalue weighted by Gasteiger charge is 2.42. The zero-order valence-corrected chi connectivity index (χ0v) is 12.8. The lowest BCUT2D eigenvalue weighted by Gasteiger charge is -2.47. The lowest BCUT2D eigenvalue weighted by molar-refractivity contribution is -0.118. The predicted molar refractivity (Wildman–Crippen MR) is 82.9 cm³/mol. The second-order valence-corrected chi connectivity index (χ2v) is 6.82. The molecule has 2 fully saturated rings. The summed E-state index contributed by atoms with van der Waals surface area (Å²) in [5.74, 6) is 5.77. The number of hydrogen-bond acceptors (Lipinski definition) is 1. The molecule has 0 spiro atoms. The average Bonchev–Trinajstić information content (AvgIpc) is 2.44. The molecule has 0 bridgehead atoms. The highest BCUT2D eigenvalue weighted by Crippen LogP contribution is 2.50. The van der Waals surface area contributed by atoms with Crippen molar-refractivity contribution in [3.63, 3.8) is 0 Å². The summed E-state index contributed by atoms with van der Waals surface area (Å²) < 4.78 is 0. The fraction of sp³-hybridized carbons (Fsp3) is 0.722. The largest absolute Gasteiger partial charge is 0.341 e. The maximum atomic E-state index is 12.1. The number of terminal acetylenes is 1. The lowest BCUT2D eigenvalue weighted by atomic mass is 9.58. The van der Waals surface area contributed by atoms with Gasteiger partial charge in [0.25, 0.3) is 0 Å². The zero-order valence-electron chi connectivity index (χ0n) is 12.8. The fourth-order valence-electron chi connectivity index (χ4n) is 4.33. The van der Waals surface area contributed by atoms with Crippen LogP contribution >= 0.6 is 0 Å². The Labute approximate surface area is 123 Å². The van der Waals surface area contributed by atoms with Crippen LogP contribution in [0.4, 0.5) is 0 Å². The molecule has 0 saturated heterocycles. The summed E-state index contributed by atoms with van der Waals surface area (Å²) in [4.78, 5) is 12.1. The van der Waals surface area contributed by atoms with Crippen molar-refractivity contribution < 1.29 is 4.79 Å². The van der Waals surface area contributed by atoms with Crippen molar-refractivity contribution in [1.82, 2.24) is 5.32 Å². The van der Waals surface area contributed by atoms with E-state index in [0.29, 0.717) is 18.4 Å². The molecule has 5 atom stereocenters. The van der Waals surface area contributed by atoms with Crippen LogP contribution in [0.3, 0.4) is 0 Å².